The van der Waals surface area contributed by atoms with Crippen LogP contribution in [0.2, 0.25) is 0 Å². The molecule has 4 rings (SSSR count). The molecule has 0 radical (unpaired) electrons. The van der Waals surface area contributed by atoms with Gasteiger partial charge in [0.15, 0.2) is 0 Å². The minimum Gasteiger partial charge on any atom is -0.377 e. The Morgan fingerprint density at radius 2 is 2.22 bits per heavy atom. The summed E-state index contributed by atoms with van der Waals surface area (Å²) < 4.78 is 20.5. The third-order valence-corrected chi connectivity index (χ3v) is 4.52. The van der Waals surface area contributed by atoms with Crippen LogP contribution in [0.4, 0.5) is 10.2 Å². The molecule has 23 heavy (non-hydrogen) atoms. The Bertz CT molecular complexity index is 790. The van der Waals surface area contributed by atoms with Crippen LogP contribution in [0, 0.1) is 5.82 Å². The van der Waals surface area contributed by atoms with E-state index in [1.54, 1.807) is 10.6 Å². The second kappa shape index (κ2) is 5.77. The van der Waals surface area contributed by atoms with Gasteiger partial charge in [-0.1, -0.05) is 12.1 Å². The lowest BCUT2D eigenvalue weighted by molar-refractivity contribution is 0.0956. The monoisotopic (exact) mass is 315 g/mol. The van der Waals surface area contributed by atoms with E-state index in [9.17, 15) is 9.18 Å². The predicted molar refractivity (Wildman–Crippen MR) is 84.3 cm³/mol. The molecule has 2 aliphatic rings. The molecule has 2 aliphatic heterocycles. The van der Waals surface area contributed by atoms with E-state index < -0.39 is 0 Å². The van der Waals surface area contributed by atoms with E-state index in [1.807, 2.05) is 12.1 Å². The number of rotatable bonds is 3. The second-order valence-electron chi connectivity index (χ2n) is 6.05. The van der Waals surface area contributed by atoms with Crippen molar-refractivity contribution in [1.82, 2.24) is 9.55 Å². The Balaban J connectivity index is 1.57. The van der Waals surface area contributed by atoms with Crippen LogP contribution in [0.15, 0.2) is 35.1 Å². The molecule has 1 aromatic heterocycles. The minimum atomic E-state index is -0.236. The average molecular weight is 315 g/mol. The highest BCUT2D eigenvalue weighted by Gasteiger charge is 2.33. The van der Waals surface area contributed by atoms with Crippen LogP contribution in [0.3, 0.4) is 0 Å². The van der Waals surface area contributed by atoms with Gasteiger partial charge in [-0.15, -0.1) is 0 Å². The normalized spacial score (nSPS) is 19.5. The van der Waals surface area contributed by atoms with Crippen LogP contribution < -0.4 is 10.6 Å². The van der Waals surface area contributed by atoms with Crippen molar-refractivity contribution in [1.29, 1.82) is 0 Å². The van der Waals surface area contributed by atoms with Crippen molar-refractivity contribution in [3.63, 3.8) is 0 Å². The van der Waals surface area contributed by atoms with Crippen molar-refractivity contribution in [2.24, 2.45) is 0 Å². The number of benzene rings is 1. The van der Waals surface area contributed by atoms with Gasteiger partial charge in [-0.3, -0.25) is 4.57 Å². The molecular weight excluding hydrogens is 297 g/mol. The van der Waals surface area contributed by atoms with Gasteiger partial charge >= 0.3 is 5.69 Å². The van der Waals surface area contributed by atoms with Gasteiger partial charge in [0, 0.05) is 12.6 Å². The molecule has 0 aliphatic carbocycles. The SMILES string of the molecule is O=c1nc(CCc2cccc(F)c2)cc2n1C[C@@H]1COCCN21. The molecule has 5 nitrogen and oxygen atoms in total. The van der Waals surface area contributed by atoms with E-state index in [2.05, 4.69) is 9.88 Å². The number of hydrogen-bond acceptors (Lipinski definition) is 4. The summed E-state index contributed by atoms with van der Waals surface area (Å²) in [6.07, 6.45) is 1.29. The zero-order valence-corrected chi connectivity index (χ0v) is 12.7. The van der Waals surface area contributed by atoms with Crippen molar-refractivity contribution >= 4 is 5.82 Å². The zero-order valence-electron chi connectivity index (χ0n) is 12.7. The van der Waals surface area contributed by atoms with Gasteiger partial charge in [-0.2, -0.15) is 4.98 Å². The molecule has 2 aromatic rings. The maximum Gasteiger partial charge on any atom is 0.349 e. The lowest BCUT2D eigenvalue weighted by Crippen LogP contribution is -2.43. The van der Waals surface area contributed by atoms with Crippen LogP contribution in [0.25, 0.3) is 0 Å². The number of fused-ring (bicyclic) bond motifs is 3. The third-order valence-electron chi connectivity index (χ3n) is 4.52. The quantitative estimate of drug-likeness (QED) is 0.859. The van der Waals surface area contributed by atoms with Gasteiger partial charge in [0.1, 0.15) is 11.6 Å². The van der Waals surface area contributed by atoms with Crippen molar-refractivity contribution in [3.8, 4) is 0 Å². The van der Waals surface area contributed by atoms with E-state index in [4.69, 9.17) is 4.74 Å². The predicted octanol–water partition coefficient (Wildman–Crippen LogP) is 1.39. The van der Waals surface area contributed by atoms with Crippen molar-refractivity contribution in [2.45, 2.75) is 25.4 Å². The first-order valence-corrected chi connectivity index (χ1v) is 7.90. The topological polar surface area (TPSA) is 47.4 Å². The van der Waals surface area contributed by atoms with Crippen LogP contribution in [0.5, 0.6) is 0 Å². The molecule has 0 saturated carbocycles. The maximum atomic E-state index is 13.2. The number of nitrogens with zero attached hydrogens (tertiary/aromatic N) is 3. The molecule has 0 unspecified atom stereocenters. The average Bonchev–Trinajstić information content (AvgIpc) is 2.93. The molecule has 1 fully saturated rings. The Labute approximate surface area is 133 Å². The molecule has 0 spiro atoms. The van der Waals surface area contributed by atoms with E-state index in [1.165, 1.54) is 12.1 Å². The molecule has 0 bridgehead atoms. The first-order chi connectivity index (χ1) is 11.2. The van der Waals surface area contributed by atoms with Crippen molar-refractivity contribution in [2.75, 3.05) is 24.7 Å². The summed E-state index contributed by atoms with van der Waals surface area (Å²) >= 11 is 0. The Morgan fingerprint density at radius 1 is 1.30 bits per heavy atom. The summed E-state index contributed by atoms with van der Waals surface area (Å²) in [7, 11) is 0. The van der Waals surface area contributed by atoms with E-state index in [0.717, 1.165) is 23.6 Å². The molecular formula is C17H18FN3O2. The smallest absolute Gasteiger partial charge is 0.349 e. The summed E-state index contributed by atoms with van der Waals surface area (Å²) in [5.74, 6) is 0.702. The van der Waals surface area contributed by atoms with E-state index in [-0.39, 0.29) is 17.5 Å². The molecule has 0 amide bonds. The van der Waals surface area contributed by atoms with E-state index >= 15 is 0 Å². The fraction of sp³-hybridized carbons (Fsp3) is 0.412. The number of aromatic nitrogens is 2. The highest BCUT2D eigenvalue weighted by Crippen LogP contribution is 2.26. The summed E-state index contributed by atoms with van der Waals surface area (Å²) in [4.78, 5) is 18.7. The highest BCUT2D eigenvalue weighted by atomic mass is 19.1. The molecule has 1 atom stereocenters. The first kappa shape index (κ1) is 14.4. The van der Waals surface area contributed by atoms with Gasteiger partial charge in [0.25, 0.3) is 0 Å². The Morgan fingerprint density at radius 3 is 3.09 bits per heavy atom. The molecule has 1 saturated heterocycles. The number of aryl methyl sites for hydroxylation is 2. The van der Waals surface area contributed by atoms with Gasteiger partial charge in [-0.25, -0.2) is 9.18 Å². The maximum absolute atomic E-state index is 13.2. The zero-order chi connectivity index (χ0) is 15.8. The molecule has 120 valence electrons. The number of ether oxygens (including phenoxy) is 1. The second-order valence-corrected chi connectivity index (χ2v) is 6.05. The largest absolute Gasteiger partial charge is 0.377 e. The highest BCUT2D eigenvalue weighted by molar-refractivity contribution is 5.46. The van der Waals surface area contributed by atoms with Gasteiger partial charge in [0.05, 0.1) is 31.5 Å². The van der Waals surface area contributed by atoms with Crippen LogP contribution in [-0.4, -0.2) is 35.4 Å². The molecule has 3 heterocycles. The molecule has 1 aromatic carbocycles. The lowest BCUT2D eigenvalue weighted by atomic mass is 10.1. The summed E-state index contributed by atoms with van der Waals surface area (Å²) in [5, 5.41) is 0. The fourth-order valence-corrected chi connectivity index (χ4v) is 3.36. The molecule has 0 N–H and O–H groups in total. The summed E-state index contributed by atoms with van der Waals surface area (Å²) in [6.45, 7) is 2.79. The summed E-state index contributed by atoms with van der Waals surface area (Å²) in [5.41, 5.74) is 1.47. The number of halogens is 1. The molecule has 6 heteroatoms. The van der Waals surface area contributed by atoms with Gasteiger partial charge in [-0.05, 0) is 30.5 Å². The van der Waals surface area contributed by atoms with Crippen LogP contribution in [0.1, 0.15) is 11.3 Å². The minimum absolute atomic E-state index is 0.203. The van der Waals surface area contributed by atoms with Crippen LogP contribution >= 0.6 is 0 Å². The number of hydrogen-bond donors (Lipinski definition) is 0. The van der Waals surface area contributed by atoms with E-state index in [0.29, 0.717) is 32.6 Å². The Kier molecular flexibility index (Phi) is 3.61. The number of anilines is 1. The van der Waals surface area contributed by atoms with Gasteiger partial charge in [0.2, 0.25) is 0 Å². The third kappa shape index (κ3) is 2.74. The summed E-state index contributed by atoms with van der Waals surface area (Å²) in [6, 6.07) is 8.78. The van der Waals surface area contributed by atoms with Crippen molar-refractivity contribution < 1.29 is 9.13 Å². The number of morpholine rings is 1. The Hall–Kier alpha value is -2.21. The first-order valence-electron chi connectivity index (χ1n) is 7.90. The van der Waals surface area contributed by atoms with Crippen LogP contribution in [-0.2, 0) is 24.1 Å². The standard InChI is InChI=1S/C17H18FN3O2/c18-13-3-1-2-12(8-13)4-5-14-9-16-20-6-7-23-11-15(20)10-21(16)17(22)19-14/h1-3,8-9,15H,4-7,10-11H2/t15-/m1/s1. The van der Waals surface area contributed by atoms with Gasteiger partial charge < -0.3 is 9.64 Å². The fourth-order valence-electron chi connectivity index (χ4n) is 3.36. The lowest BCUT2D eigenvalue weighted by Gasteiger charge is -2.30. The van der Waals surface area contributed by atoms with Crippen molar-refractivity contribution in [3.05, 3.63) is 57.9 Å².